The lowest BCUT2D eigenvalue weighted by Crippen LogP contribution is -2.25. The first kappa shape index (κ1) is 12.8. The van der Waals surface area contributed by atoms with Crippen LogP contribution in [0.15, 0.2) is 30.5 Å². The minimum absolute atomic E-state index is 0.156. The SMILES string of the molecule is Cc1cnc(C(=O)[C@@H](O)CO)c2[nH]c3ccccc3c12. The highest BCUT2D eigenvalue weighted by molar-refractivity contribution is 6.16. The Morgan fingerprint density at radius 1 is 1.40 bits per heavy atom. The summed E-state index contributed by atoms with van der Waals surface area (Å²) in [6.07, 6.45) is 0.166. The third-order valence-corrected chi connectivity index (χ3v) is 3.43. The number of para-hydroxylation sites is 1. The van der Waals surface area contributed by atoms with Crippen LogP contribution in [0.1, 0.15) is 16.1 Å². The Hall–Kier alpha value is -2.24. The smallest absolute Gasteiger partial charge is 0.214 e. The standard InChI is InChI=1S/C15H14N2O3/c1-8-6-16-14(15(20)11(19)7-18)13-12(8)9-4-2-3-5-10(9)17-13/h2-6,11,17-19H,7H2,1H3/t11-/m0/s1. The van der Waals surface area contributed by atoms with Gasteiger partial charge in [-0.15, -0.1) is 0 Å². The zero-order valence-electron chi connectivity index (χ0n) is 10.9. The predicted octanol–water partition coefficient (Wildman–Crippen LogP) is 1.56. The van der Waals surface area contributed by atoms with E-state index < -0.39 is 18.5 Å². The number of ketones is 1. The highest BCUT2D eigenvalue weighted by Crippen LogP contribution is 2.29. The molecular weight excluding hydrogens is 256 g/mol. The zero-order valence-corrected chi connectivity index (χ0v) is 10.9. The van der Waals surface area contributed by atoms with Gasteiger partial charge in [0.1, 0.15) is 11.8 Å². The highest BCUT2D eigenvalue weighted by atomic mass is 16.3. The van der Waals surface area contributed by atoms with Crippen LogP contribution in [0.3, 0.4) is 0 Å². The number of benzene rings is 1. The number of aliphatic hydroxyl groups is 2. The summed E-state index contributed by atoms with van der Waals surface area (Å²) in [5.74, 6) is -0.580. The number of aliphatic hydroxyl groups excluding tert-OH is 2. The molecule has 2 heterocycles. The summed E-state index contributed by atoms with van der Waals surface area (Å²) >= 11 is 0. The molecule has 3 rings (SSSR count). The molecule has 0 unspecified atom stereocenters. The van der Waals surface area contributed by atoms with Crippen molar-refractivity contribution in [2.24, 2.45) is 0 Å². The lowest BCUT2D eigenvalue weighted by atomic mass is 10.1. The maximum Gasteiger partial charge on any atom is 0.214 e. The second-order valence-corrected chi connectivity index (χ2v) is 4.77. The first-order valence-electron chi connectivity index (χ1n) is 6.32. The van der Waals surface area contributed by atoms with Gasteiger partial charge in [0.15, 0.2) is 0 Å². The molecule has 0 aliphatic heterocycles. The fraction of sp³-hybridized carbons (Fsp3) is 0.200. The summed E-state index contributed by atoms with van der Waals surface area (Å²) in [7, 11) is 0. The molecule has 20 heavy (non-hydrogen) atoms. The molecule has 0 amide bonds. The molecular formula is C15H14N2O3. The van der Waals surface area contributed by atoms with Crippen LogP contribution in [0.5, 0.6) is 0 Å². The quantitative estimate of drug-likeness (QED) is 0.630. The number of nitrogens with one attached hydrogen (secondary N) is 1. The lowest BCUT2D eigenvalue weighted by molar-refractivity contribution is 0.0584. The first-order chi connectivity index (χ1) is 9.63. The predicted molar refractivity (Wildman–Crippen MR) is 75.8 cm³/mol. The van der Waals surface area contributed by atoms with Gasteiger partial charge in [-0.05, 0) is 18.6 Å². The second kappa shape index (κ2) is 4.70. The number of rotatable bonds is 3. The molecule has 0 saturated carbocycles. The van der Waals surface area contributed by atoms with E-state index in [9.17, 15) is 9.90 Å². The number of carbonyl (C=O) groups excluding carboxylic acids is 1. The number of aromatic nitrogens is 2. The Kier molecular flexibility index (Phi) is 3.00. The van der Waals surface area contributed by atoms with Crippen molar-refractivity contribution in [3.8, 4) is 0 Å². The average molecular weight is 270 g/mol. The van der Waals surface area contributed by atoms with Crippen molar-refractivity contribution >= 4 is 27.6 Å². The molecule has 0 aliphatic carbocycles. The number of nitrogens with zero attached hydrogens (tertiary/aromatic N) is 1. The largest absolute Gasteiger partial charge is 0.393 e. The van der Waals surface area contributed by atoms with Crippen LogP contribution >= 0.6 is 0 Å². The molecule has 0 radical (unpaired) electrons. The Morgan fingerprint density at radius 3 is 2.90 bits per heavy atom. The van der Waals surface area contributed by atoms with E-state index in [1.807, 2.05) is 31.2 Å². The van der Waals surface area contributed by atoms with E-state index in [2.05, 4.69) is 9.97 Å². The molecule has 3 N–H and O–H groups in total. The van der Waals surface area contributed by atoms with Crippen molar-refractivity contribution in [1.29, 1.82) is 0 Å². The summed E-state index contributed by atoms with van der Waals surface area (Å²) in [4.78, 5) is 19.4. The van der Waals surface area contributed by atoms with E-state index in [0.29, 0.717) is 5.52 Å². The topological polar surface area (TPSA) is 86.2 Å². The fourth-order valence-electron chi connectivity index (χ4n) is 2.45. The zero-order chi connectivity index (χ0) is 14.3. The number of hydrogen-bond acceptors (Lipinski definition) is 4. The van der Waals surface area contributed by atoms with Gasteiger partial charge >= 0.3 is 0 Å². The Morgan fingerprint density at radius 2 is 2.15 bits per heavy atom. The molecule has 1 atom stereocenters. The van der Waals surface area contributed by atoms with E-state index >= 15 is 0 Å². The van der Waals surface area contributed by atoms with E-state index in [1.165, 1.54) is 0 Å². The number of Topliss-reactive ketones (excluding diaryl/α,β-unsaturated/α-hetero) is 1. The van der Waals surface area contributed by atoms with Crippen molar-refractivity contribution in [1.82, 2.24) is 9.97 Å². The van der Waals surface area contributed by atoms with Crippen LogP contribution in [-0.2, 0) is 0 Å². The number of carbonyl (C=O) groups is 1. The van der Waals surface area contributed by atoms with Crippen LogP contribution in [0.2, 0.25) is 0 Å². The molecule has 0 fully saturated rings. The molecule has 1 aromatic carbocycles. The number of aromatic amines is 1. The van der Waals surface area contributed by atoms with Crippen LogP contribution in [-0.4, -0.2) is 38.7 Å². The lowest BCUT2D eigenvalue weighted by Gasteiger charge is -2.07. The van der Waals surface area contributed by atoms with Crippen molar-refractivity contribution < 1.29 is 15.0 Å². The van der Waals surface area contributed by atoms with Crippen LogP contribution in [0.25, 0.3) is 21.8 Å². The van der Waals surface area contributed by atoms with Gasteiger partial charge in [-0.3, -0.25) is 9.78 Å². The fourth-order valence-corrected chi connectivity index (χ4v) is 2.45. The minimum atomic E-state index is -1.44. The first-order valence-corrected chi connectivity index (χ1v) is 6.32. The average Bonchev–Trinajstić information content (AvgIpc) is 2.86. The van der Waals surface area contributed by atoms with Crippen molar-refractivity contribution in [2.75, 3.05) is 6.61 Å². The summed E-state index contributed by atoms with van der Waals surface area (Å²) in [5.41, 5.74) is 2.62. The Balaban J connectivity index is 2.35. The van der Waals surface area contributed by atoms with Gasteiger partial charge in [-0.25, -0.2) is 0 Å². The molecule has 0 aliphatic rings. The summed E-state index contributed by atoms with van der Waals surface area (Å²) in [5, 5.41) is 20.4. The van der Waals surface area contributed by atoms with Gasteiger partial charge < -0.3 is 15.2 Å². The number of fused-ring (bicyclic) bond motifs is 3. The second-order valence-electron chi connectivity index (χ2n) is 4.77. The maximum atomic E-state index is 12.1. The molecule has 0 spiro atoms. The van der Waals surface area contributed by atoms with Crippen molar-refractivity contribution in [2.45, 2.75) is 13.0 Å². The van der Waals surface area contributed by atoms with Gasteiger partial charge in [0.05, 0.1) is 12.1 Å². The molecule has 5 heteroatoms. The number of aryl methyl sites for hydroxylation is 1. The molecule has 102 valence electrons. The Labute approximate surface area is 114 Å². The van der Waals surface area contributed by atoms with Crippen molar-refractivity contribution in [3.63, 3.8) is 0 Å². The normalized spacial score (nSPS) is 12.9. The highest BCUT2D eigenvalue weighted by Gasteiger charge is 2.22. The number of pyridine rings is 1. The van der Waals surface area contributed by atoms with Crippen LogP contribution in [0.4, 0.5) is 0 Å². The summed E-state index contributed by atoms with van der Waals surface area (Å²) < 4.78 is 0. The van der Waals surface area contributed by atoms with Crippen molar-refractivity contribution in [3.05, 3.63) is 41.7 Å². The van der Waals surface area contributed by atoms with Crippen LogP contribution < -0.4 is 0 Å². The number of hydrogen-bond donors (Lipinski definition) is 3. The van der Waals surface area contributed by atoms with Crippen LogP contribution in [0, 0.1) is 6.92 Å². The van der Waals surface area contributed by atoms with Gasteiger partial charge in [-0.2, -0.15) is 0 Å². The van der Waals surface area contributed by atoms with Gasteiger partial charge in [-0.1, -0.05) is 18.2 Å². The van der Waals surface area contributed by atoms with E-state index in [-0.39, 0.29) is 5.69 Å². The maximum absolute atomic E-state index is 12.1. The monoisotopic (exact) mass is 270 g/mol. The van der Waals surface area contributed by atoms with E-state index in [4.69, 9.17) is 5.11 Å². The Bertz CT molecular complexity index is 807. The molecule has 3 aromatic rings. The molecule has 5 nitrogen and oxygen atoms in total. The van der Waals surface area contributed by atoms with Gasteiger partial charge in [0.25, 0.3) is 0 Å². The van der Waals surface area contributed by atoms with E-state index in [1.54, 1.807) is 6.20 Å². The third kappa shape index (κ3) is 1.79. The van der Waals surface area contributed by atoms with Gasteiger partial charge in [0.2, 0.25) is 5.78 Å². The minimum Gasteiger partial charge on any atom is -0.393 e. The molecule has 0 saturated heterocycles. The van der Waals surface area contributed by atoms with Gasteiger partial charge in [0, 0.05) is 22.5 Å². The molecule has 0 bridgehead atoms. The summed E-state index contributed by atoms with van der Waals surface area (Å²) in [6.45, 7) is 1.31. The summed E-state index contributed by atoms with van der Waals surface area (Å²) in [6, 6.07) is 7.73. The van der Waals surface area contributed by atoms with E-state index in [0.717, 1.165) is 21.9 Å². The third-order valence-electron chi connectivity index (χ3n) is 3.43. The molecule has 2 aromatic heterocycles. The number of H-pyrrole nitrogens is 1.